The van der Waals surface area contributed by atoms with Gasteiger partial charge >= 0.3 is 6.43 Å². The van der Waals surface area contributed by atoms with Crippen molar-refractivity contribution in [2.45, 2.75) is 33.1 Å². The van der Waals surface area contributed by atoms with Gasteiger partial charge in [0.05, 0.1) is 0 Å². The first kappa shape index (κ1) is 11.8. The molecule has 0 bridgehead atoms. The van der Waals surface area contributed by atoms with Gasteiger partial charge < -0.3 is 0 Å². The van der Waals surface area contributed by atoms with Crippen LogP contribution in [0.25, 0.3) is 0 Å². The highest BCUT2D eigenvalue weighted by Gasteiger charge is 2.19. The number of benzene rings is 1. The molecule has 15 heavy (non-hydrogen) atoms. The van der Waals surface area contributed by atoms with E-state index in [1.165, 1.54) is 6.07 Å². The van der Waals surface area contributed by atoms with E-state index in [0.717, 1.165) is 5.56 Å². The maximum absolute atomic E-state index is 12.2. The van der Waals surface area contributed by atoms with Crippen LogP contribution in [0.5, 0.6) is 0 Å². The van der Waals surface area contributed by atoms with Gasteiger partial charge in [-0.15, -0.1) is 0 Å². The highest BCUT2D eigenvalue weighted by molar-refractivity contribution is 5.99. The molecule has 0 aliphatic carbocycles. The van der Waals surface area contributed by atoms with Crippen LogP contribution in [0, 0.1) is 6.92 Å². The Balaban J connectivity index is 3.08. The fourth-order valence-corrected chi connectivity index (χ4v) is 1.44. The molecule has 0 radical (unpaired) electrons. The smallest absolute Gasteiger partial charge is 0.288 e. The lowest BCUT2D eigenvalue weighted by atomic mass is 9.96. The average Bonchev–Trinajstić information content (AvgIpc) is 2.16. The number of halogens is 2. The van der Waals surface area contributed by atoms with Gasteiger partial charge in [-0.3, -0.25) is 4.79 Å². The minimum absolute atomic E-state index is 0.120. The van der Waals surface area contributed by atoms with Crippen LogP contribution in [0.4, 0.5) is 8.78 Å². The number of aryl methyl sites for hydroxylation is 1. The molecule has 0 saturated carbocycles. The molecule has 1 aromatic rings. The number of alkyl halides is 2. The van der Waals surface area contributed by atoms with Crippen LogP contribution < -0.4 is 0 Å². The van der Waals surface area contributed by atoms with E-state index in [1.54, 1.807) is 19.1 Å². The van der Waals surface area contributed by atoms with Crippen molar-refractivity contribution in [3.8, 4) is 0 Å². The zero-order valence-electron chi connectivity index (χ0n) is 9.05. The van der Waals surface area contributed by atoms with Crippen LogP contribution in [0.1, 0.15) is 41.3 Å². The van der Waals surface area contributed by atoms with E-state index in [-0.39, 0.29) is 5.56 Å². The number of Topliss-reactive ketones (excluding diaryl/α,β-unsaturated/α-hetero) is 1. The predicted octanol–water partition coefficient (Wildman–Crippen LogP) is 3.57. The molecular weight excluding hydrogens is 198 g/mol. The van der Waals surface area contributed by atoms with E-state index in [2.05, 4.69) is 0 Å². The minimum Gasteiger partial charge on any atom is -0.288 e. The number of hydrogen-bond donors (Lipinski definition) is 0. The maximum Gasteiger partial charge on any atom is 0.300 e. The summed E-state index contributed by atoms with van der Waals surface area (Å²) < 4.78 is 24.4. The fourth-order valence-electron chi connectivity index (χ4n) is 1.44. The topological polar surface area (TPSA) is 17.1 Å². The molecule has 82 valence electrons. The summed E-state index contributed by atoms with van der Waals surface area (Å²) in [6.07, 6.45) is -2.92. The van der Waals surface area contributed by atoms with Gasteiger partial charge in [0, 0.05) is 5.56 Å². The molecule has 0 spiro atoms. The maximum atomic E-state index is 12.2. The van der Waals surface area contributed by atoms with Crippen molar-refractivity contribution in [3.63, 3.8) is 0 Å². The lowest BCUT2D eigenvalue weighted by Gasteiger charge is -2.09. The Bertz CT molecular complexity index is 370. The van der Waals surface area contributed by atoms with E-state index in [9.17, 15) is 13.6 Å². The van der Waals surface area contributed by atoms with E-state index in [0.29, 0.717) is 11.5 Å². The largest absolute Gasteiger partial charge is 0.300 e. The van der Waals surface area contributed by atoms with Crippen LogP contribution >= 0.6 is 0 Å². The van der Waals surface area contributed by atoms with Gasteiger partial charge in [0.25, 0.3) is 0 Å². The second-order valence-electron chi connectivity index (χ2n) is 3.89. The summed E-state index contributed by atoms with van der Waals surface area (Å²) >= 11 is 0. The Labute approximate surface area is 88.1 Å². The van der Waals surface area contributed by atoms with Gasteiger partial charge in [-0.1, -0.05) is 32.0 Å². The zero-order valence-corrected chi connectivity index (χ0v) is 9.05. The van der Waals surface area contributed by atoms with E-state index < -0.39 is 12.2 Å². The SMILES string of the molecule is Cc1cc(C(C)C)ccc1C(=O)C(F)F. The van der Waals surface area contributed by atoms with Crippen molar-refractivity contribution in [2.75, 3.05) is 0 Å². The summed E-state index contributed by atoms with van der Waals surface area (Å²) in [5.74, 6) is -0.762. The third kappa shape index (κ3) is 2.61. The summed E-state index contributed by atoms with van der Waals surface area (Å²) in [7, 11) is 0. The number of rotatable bonds is 3. The standard InChI is InChI=1S/C12H14F2O/c1-7(2)9-4-5-10(8(3)6-9)11(15)12(13)14/h4-7,12H,1-3H3. The third-order valence-corrected chi connectivity index (χ3v) is 2.38. The molecule has 0 aliphatic rings. The Kier molecular flexibility index (Phi) is 3.56. The fraction of sp³-hybridized carbons (Fsp3) is 0.417. The molecule has 0 amide bonds. The number of hydrogen-bond acceptors (Lipinski definition) is 1. The second kappa shape index (κ2) is 4.51. The van der Waals surface area contributed by atoms with Gasteiger partial charge in [0.2, 0.25) is 5.78 Å². The van der Waals surface area contributed by atoms with E-state index >= 15 is 0 Å². The van der Waals surface area contributed by atoms with Crippen LogP contribution in [0.2, 0.25) is 0 Å². The van der Waals surface area contributed by atoms with Gasteiger partial charge in [-0.25, -0.2) is 8.78 Å². The molecule has 0 N–H and O–H groups in total. The Morgan fingerprint density at radius 3 is 2.27 bits per heavy atom. The summed E-state index contributed by atoms with van der Waals surface area (Å²) in [6, 6.07) is 5.01. The first-order chi connectivity index (χ1) is 6.93. The number of carbonyl (C=O) groups is 1. The van der Waals surface area contributed by atoms with E-state index in [4.69, 9.17) is 0 Å². The molecule has 0 unspecified atom stereocenters. The number of carbonyl (C=O) groups excluding carboxylic acids is 1. The van der Waals surface area contributed by atoms with Crippen molar-refractivity contribution in [1.29, 1.82) is 0 Å². The summed E-state index contributed by atoms with van der Waals surface area (Å²) in [5.41, 5.74) is 1.79. The molecule has 1 rings (SSSR count). The molecule has 3 heteroatoms. The lowest BCUT2D eigenvalue weighted by molar-refractivity contribution is 0.0678. The zero-order chi connectivity index (χ0) is 11.6. The van der Waals surface area contributed by atoms with Crippen LogP contribution in [-0.4, -0.2) is 12.2 Å². The van der Waals surface area contributed by atoms with Crippen molar-refractivity contribution >= 4 is 5.78 Å². The van der Waals surface area contributed by atoms with Crippen molar-refractivity contribution < 1.29 is 13.6 Å². The molecule has 0 atom stereocenters. The molecule has 1 aromatic carbocycles. The molecule has 0 aromatic heterocycles. The lowest BCUT2D eigenvalue weighted by Crippen LogP contribution is -2.12. The van der Waals surface area contributed by atoms with Gasteiger partial charge in [-0.05, 0) is 24.0 Å². The highest BCUT2D eigenvalue weighted by atomic mass is 19.3. The quantitative estimate of drug-likeness (QED) is 0.700. The van der Waals surface area contributed by atoms with Gasteiger partial charge in [0.1, 0.15) is 0 Å². The molecule has 0 fully saturated rings. The summed E-state index contributed by atoms with van der Waals surface area (Å²) in [5, 5.41) is 0. The van der Waals surface area contributed by atoms with Crippen molar-refractivity contribution in [3.05, 3.63) is 34.9 Å². The highest BCUT2D eigenvalue weighted by Crippen LogP contribution is 2.20. The Morgan fingerprint density at radius 1 is 1.27 bits per heavy atom. The predicted molar refractivity (Wildman–Crippen MR) is 55.6 cm³/mol. The van der Waals surface area contributed by atoms with Crippen LogP contribution in [-0.2, 0) is 0 Å². The summed E-state index contributed by atoms with van der Waals surface area (Å²) in [6.45, 7) is 5.72. The molecule has 0 heterocycles. The van der Waals surface area contributed by atoms with E-state index in [1.807, 2.05) is 13.8 Å². The minimum atomic E-state index is -2.92. The van der Waals surface area contributed by atoms with Gasteiger partial charge in [-0.2, -0.15) is 0 Å². The second-order valence-corrected chi connectivity index (χ2v) is 3.89. The third-order valence-electron chi connectivity index (χ3n) is 2.38. The molecule has 1 nitrogen and oxygen atoms in total. The molecule has 0 aliphatic heterocycles. The Hall–Kier alpha value is -1.25. The van der Waals surface area contributed by atoms with Crippen molar-refractivity contribution in [1.82, 2.24) is 0 Å². The van der Waals surface area contributed by atoms with Crippen LogP contribution in [0.15, 0.2) is 18.2 Å². The summed E-state index contributed by atoms with van der Waals surface area (Å²) in [4.78, 5) is 11.1. The monoisotopic (exact) mass is 212 g/mol. The normalized spacial score (nSPS) is 11.1. The first-order valence-electron chi connectivity index (χ1n) is 4.86. The Morgan fingerprint density at radius 2 is 1.87 bits per heavy atom. The molecule has 0 saturated heterocycles. The van der Waals surface area contributed by atoms with Crippen molar-refractivity contribution in [2.24, 2.45) is 0 Å². The first-order valence-corrected chi connectivity index (χ1v) is 4.86. The number of ketones is 1. The van der Waals surface area contributed by atoms with Gasteiger partial charge in [0.15, 0.2) is 0 Å². The average molecular weight is 212 g/mol. The van der Waals surface area contributed by atoms with Crippen LogP contribution in [0.3, 0.4) is 0 Å². The molecular formula is C12H14F2O.